The van der Waals surface area contributed by atoms with Crippen molar-refractivity contribution >= 4 is 28.3 Å². The minimum Gasteiger partial charge on any atom is -0.506 e. The number of carbonyl (C=O) groups is 1. The van der Waals surface area contributed by atoms with Gasteiger partial charge >= 0.3 is 0 Å². The van der Waals surface area contributed by atoms with Crippen LogP contribution in [0.2, 0.25) is 0 Å². The fraction of sp³-hybridized carbons (Fsp3) is 0.250. The van der Waals surface area contributed by atoms with Gasteiger partial charge in [-0.25, -0.2) is 8.60 Å². The van der Waals surface area contributed by atoms with E-state index in [0.29, 0.717) is 12.1 Å². The number of nitrogens with zero attached hydrogens (tertiary/aromatic N) is 1. The lowest BCUT2D eigenvalue weighted by Gasteiger charge is -2.18. The van der Waals surface area contributed by atoms with Crippen LogP contribution in [0.25, 0.3) is 5.57 Å². The summed E-state index contributed by atoms with van der Waals surface area (Å²) in [4.78, 5) is 11.5. The minimum atomic E-state index is -1.90. The first-order chi connectivity index (χ1) is 13.5. The zero-order chi connectivity index (χ0) is 19.7. The van der Waals surface area contributed by atoms with Crippen molar-refractivity contribution in [2.24, 2.45) is 0 Å². The lowest BCUT2D eigenvalue weighted by atomic mass is 10.0. The Morgan fingerprint density at radius 2 is 2.00 bits per heavy atom. The zero-order valence-corrected chi connectivity index (χ0v) is 15.8. The van der Waals surface area contributed by atoms with Crippen LogP contribution in [-0.2, 0) is 22.4 Å². The molecule has 2 unspecified atom stereocenters. The van der Waals surface area contributed by atoms with Crippen molar-refractivity contribution in [2.45, 2.75) is 18.9 Å². The van der Waals surface area contributed by atoms with Crippen molar-refractivity contribution in [2.75, 3.05) is 17.4 Å². The number of hydrogen-bond acceptors (Lipinski definition) is 4. The number of rotatable bonds is 5. The number of aromatic hydroxyl groups is 1. The highest BCUT2D eigenvalue weighted by molar-refractivity contribution is 7.85. The van der Waals surface area contributed by atoms with Crippen LogP contribution >= 0.6 is 0 Å². The Balaban J connectivity index is 1.55. The minimum absolute atomic E-state index is 0.121. The van der Waals surface area contributed by atoms with Gasteiger partial charge in [0.05, 0.1) is 0 Å². The molecular formula is C20H20FN3O3S. The van der Waals surface area contributed by atoms with E-state index in [1.165, 1.54) is 17.7 Å². The van der Waals surface area contributed by atoms with E-state index in [1.54, 1.807) is 0 Å². The first kappa shape index (κ1) is 18.6. The second kappa shape index (κ2) is 7.73. The Morgan fingerprint density at radius 3 is 2.71 bits per heavy atom. The maximum Gasteiger partial charge on any atom is 0.253 e. The molecule has 0 saturated carbocycles. The highest BCUT2D eigenvalue weighted by Gasteiger charge is 2.33. The van der Waals surface area contributed by atoms with Crippen molar-refractivity contribution in [1.82, 2.24) is 10.0 Å². The molecule has 28 heavy (non-hydrogen) atoms. The molecule has 1 amide bonds. The van der Waals surface area contributed by atoms with Gasteiger partial charge in [-0.1, -0.05) is 36.4 Å². The highest BCUT2D eigenvalue weighted by atomic mass is 32.2. The Kier molecular flexibility index (Phi) is 5.15. The van der Waals surface area contributed by atoms with Crippen molar-refractivity contribution in [3.63, 3.8) is 0 Å². The molecule has 146 valence electrons. The quantitative estimate of drug-likeness (QED) is 0.716. The van der Waals surface area contributed by atoms with Gasteiger partial charge in [-0.3, -0.25) is 13.8 Å². The average Bonchev–Trinajstić information content (AvgIpc) is 3.27. The molecule has 2 aliphatic heterocycles. The molecular weight excluding hydrogens is 381 g/mol. The standard InChI is InChI=1S/C20H20FN3O3S/c21-19-16(8-9-17(25)20(19)24-12-18(26)23-28(24)27)14-10-15(22-11-14)7-6-13-4-2-1-3-5-13/h1-5,8-10,15,22,25H,6-7,11-12H2,(H,23,26). The average molecular weight is 401 g/mol. The molecule has 3 N–H and O–H groups in total. The molecule has 2 aromatic carbocycles. The summed E-state index contributed by atoms with van der Waals surface area (Å²) in [6, 6.07) is 13.2. The van der Waals surface area contributed by atoms with Crippen LogP contribution in [0.5, 0.6) is 5.75 Å². The number of hydrogen-bond donors (Lipinski definition) is 3. The predicted octanol–water partition coefficient (Wildman–Crippen LogP) is 2.03. The first-order valence-corrected chi connectivity index (χ1v) is 10.1. The second-order valence-electron chi connectivity index (χ2n) is 6.81. The molecule has 6 nitrogen and oxygen atoms in total. The largest absolute Gasteiger partial charge is 0.506 e. The van der Waals surface area contributed by atoms with E-state index in [9.17, 15) is 14.1 Å². The molecule has 8 heteroatoms. The highest BCUT2D eigenvalue weighted by Crippen LogP contribution is 2.37. The van der Waals surface area contributed by atoms with E-state index >= 15 is 4.39 Å². The van der Waals surface area contributed by atoms with E-state index in [1.807, 2.05) is 24.3 Å². The topological polar surface area (TPSA) is 81.7 Å². The van der Waals surface area contributed by atoms with Crippen molar-refractivity contribution in [3.8, 4) is 5.75 Å². The Hall–Kier alpha value is -2.71. The summed E-state index contributed by atoms with van der Waals surface area (Å²) in [5.41, 5.74) is 2.14. The molecule has 0 radical (unpaired) electrons. The van der Waals surface area contributed by atoms with Gasteiger partial charge in [0.1, 0.15) is 18.0 Å². The fourth-order valence-corrected chi connectivity index (χ4v) is 4.46. The third-order valence-corrected chi connectivity index (χ3v) is 6.04. The second-order valence-corrected chi connectivity index (χ2v) is 7.95. The number of nitrogens with one attached hydrogen (secondary N) is 2. The molecule has 2 heterocycles. The van der Waals surface area contributed by atoms with Crippen LogP contribution in [0.1, 0.15) is 17.5 Å². The summed E-state index contributed by atoms with van der Waals surface area (Å²) < 4.78 is 30.4. The third-order valence-electron chi connectivity index (χ3n) is 4.92. The summed E-state index contributed by atoms with van der Waals surface area (Å²) in [6.07, 6.45) is 3.79. The summed E-state index contributed by atoms with van der Waals surface area (Å²) in [5.74, 6) is -1.51. The summed E-state index contributed by atoms with van der Waals surface area (Å²) in [7, 11) is 0. The van der Waals surface area contributed by atoms with Crippen LogP contribution in [-0.4, -0.2) is 34.4 Å². The number of phenols is 1. The van der Waals surface area contributed by atoms with Gasteiger partial charge < -0.3 is 10.4 Å². The van der Waals surface area contributed by atoms with E-state index in [0.717, 1.165) is 22.7 Å². The van der Waals surface area contributed by atoms with Crippen molar-refractivity contribution in [1.29, 1.82) is 0 Å². The van der Waals surface area contributed by atoms with Crippen LogP contribution in [0, 0.1) is 5.82 Å². The van der Waals surface area contributed by atoms with E-state index in [-0.39, 0.29) is 24.0 Å². The Morgan fingerprint density at radius 1 is 1.21 bits per heavy atom. The molecule has 2 atom stereocenters. The van der Waals surface area contributed by atoms with Gasteiger partial charge in [0.25, 0.3) is 5.91 Å². The van der Waals surface area contributed by atoms with Gasteiger partial charge in [-0.05, 0) is 36.1 Å². The van der Waals surface area contributed by atoms with Gasteiger partial charge in [-0.15, -0.1) is 0 Å². The summed E-state index contributed by atoms with van der Waals surface area (Å²) in [6.45, 7) is 0.235. The number of carbonyl (C=O) groups excluding carboxylic acids is 1. The van der Waals surface area contributed by atoms with Crippen LogP contribution in [0.15, 0.2) is 48.5 Å². The summed E-state index contributed by atoms with van der Waals surface area (Å²) >= 11 is -1.90. The van der Waals surface area contributed by atoms with Gasteiger partial charge in [0.2, 0.25) is 11.2 Å². The van der Waals surface area contributed by atoms with Crippen molar-refractivity contribution < 1.29 is 18.5 Å². The molecule has 2 aliphatic rings. The number of amides is 1. The van der Waals surface area contributed by atoms with Crippen LogP contribution < -0.4 is 14.3 Å². The number of halogens is 1. The SMILES string of the molecule is O=C1CN(c2c(O)ccc(C3=CC(CCc4ccccc4)NC3)c2F)S(=O)N1. The molecule has 0 spiro atoms. The van der Waals surface area contributed by atoms with Gasteiger partial charge in [0, 0.05) is 18.2 Å². The fourth-order valence-electron chi connectivity index (χ4n) is 3.51. The number of phenolic OH excluding ortho intramolecular Hbond substituents is 1. The van der Waals surface area contributed by atoms with Gasteiger partial charge in [0.15, 0.2) is 5.82 Å². The number of anilines is 1. The lowest BCUT2D eigenvalue weighted by molar-refractivity contribution is -0.117. The van der Waals surface area contributed by atoms with E-state index in [4.69, 9.17) is 0 Å². The number of aryl methyl sites for hydroxylation is 1. The first-order valence-electron chi connectivity index (χ1n) is 9.01. The van der Waals surface area contributed by atoms with Crippen LogP contribution in [0.3, 0.4) is 0 Å². The van der Waals surface area contributed by atoms with Crippen molar-refractivity contribution in [3.05, 3.63) is 65.5 Å². The van der Waals surface area contributed by atoms with E-state index in [2.05, 4.69) is 22.2 Å². The maximum absolute atomic E-state index is 15.2. The Bertz CT molecular complexity index is 965. The normalized spacial score (nSPS) is 21.7. The summed E-state index contributed by atoms with van der Waals surface area (Å²) in [5, 5.41) is 13.5. The predicted molar refractivity (Wildman–Crippen MR) is 106 cm³/mol. The lowest BCUT2D eigenvalue weighted by Crippen LogP contribution is -2.24. The molecule has 0 bridgehead atoms. The Labute approximate surface area is 164 Å². The molecule has 4 rings (SSSR count). The van der Waals surface area contributed by atoms with Gasteiger partial charge in [-0.2, -0.15) is 0 Å². The number of benzene rings is 2. The van der Waals surface area contributed by atoms with E-state index < -0.39 is 22.9 Å². The molecule has 2 aromatic rings. The molecule has 1 saturated heterocycles. The molecule has 0 aliphatic carbocycles. The maximum atomic E-state index is 15.2. The third kappa shape index (κ3) is 3.65. The smallest absolute Gasteiger partial charge is 0.253 e. The molecule has 1 fully saturated rings. The van der Waals surface area contributed by atoms with Crippen LogP contribution in [0.4, 0.5) is 10.1 Å². The monoisotopic (exact) mass is 401 g/mol. The zero-order valence-electron chi connectivity index (χ0n) is 15.0. The molecule has 0 aromatic heterocycles.